The van der Waals surface area contributed by atoms with Crippen LogP contribution in [0.2, 0.25) is 0 Å². The van der Waals surface area contributed by atoms with E-state index in [-0.39, 0.29) is 25.7 Å². The van der Waals surface area contributed by atoms with E-state index in [2.05, 4.69) is 0 Å². The van der Waals surface area contributed by atoms with Crippen LogP contribution < -0.4 is 5.56 Å². The van der Waals surface area contributed by atoms with Crippen LogP contribution in [0.15, 0.2) is 22.0 Å². The molecule has 0 aromatic carbocycles. The zero-order chi connectivity index (χ0) is 17.2. The molecule has 1 aromatic heterocycles. The Balaban J connectivity index is 2.61. The van der Waals surface area contributed by atoms with Crippen LogP contribution in [-0.2, 0) is 14.3 Å². The molecule has 0 spiro atoms. The van der Waals surface area contributed by atoms with Crippen LogP contribution in [0.1, 0.15) is 45.4 Å². The van der Waals surface area contributed by atoms with Crippen LogP contribution in [0.3, 0.4) is 0 Å². The second-order valence-electron chi connectivity index (χ2n) is 5.05. The minimum absolute atomic E-state index is 0.107. The Kier molecular flexibility index (Phi) is 4.24. The normalized spacial score (nSPS) is 23.6. The first-order valence-corrected chi connectivity index (χ1v) is 7.78. The van der Waals surface area contributed by atoms with Crippen LogP contribution in [0, 0.1) is 0 Å². The summed E-state index contributed by atoms with van der Waals surface area (Å²) in [6, 6.07) is 1.69. The first kappa shape index (κ1) is 15.1. The van der Waals surface area contributed by atoms with Gasteiger partial charge in [0.05, 0.1) is 23.8 Å². The van der Waals surface area contributed by atoms with E-state index in [1.165, 1.54) is 28.5 Å². The molecule has 0 aliphatic carbocycles. The van der Waals surface area contributed by atoms with Gasteiger partial charge in [-0.25, -0.2) is 9.59 Å². The molecular formula is C15H19NO5S. The molecule has 6 nitrogen and oxygen atoms in total. The molecule has 2 atom stereocenters. The Hall–Kier alpha value is -1.76. The number of aromatic nitrogens is 1. The molecule has 0 radical (unpaired) electrons. The van der Waals surface area contributed by atoms with Crippen LogP contribution in [0.5, 0.6) is 0 Å². The number of nitrogens with zero attached hydrogens (tertiary/aromatic N) is 1. The summed E-state index contributed by atoms with van der Waals surface area (Å²) < 4.78 is 18.2. The maximum atomic E-state index is 12.3. The number of carbonyl (C=O) groups is 2. The second-order valence-corrected chi connectivity index (χ2v) is 6.57. The van der Waals surface area contributed by atoms with E-state index < -0.39 is 28.3 Å². The van der Waals surface area contributed by atoms with Gasteiger partial charge in [-0.2, -0.15) is 0 Å². The van der Waals surface area contributed by atoms with Crippen molar-refractivity contribution in [3.63, 3.8) is 0 Å². The average Bonchev–Trinajstić information content (AvgIpc) is 2.82. The van der Waals surface area contributed by atoms with Gasteiger partial charge in [0.15, 0.2) is 0 Å². The number of esters is 2. The average molecular weight is 326 g/mol. The van der Waals surface area contributed by atoms with Gasteiger partial charge in [0, 0.05) is 12.2 Å². The maximum absolute atomic E-state index is 12.3. The molecule has 2 heterocycles. The van der Waals surface area contributed by atoms with Crippen molar-refractivity contribution in [3.8, 4) is 0 Å². The smallest absolute Gasteiger partial charge is 0.340 e. The third-order valence-electron chi connectivity index (χ3n) is 3.25. The van der Waals surface area contributed by atoms with Gasteiger partial charge in [0.25, 0.3) is 5.56 Å². The standard InChI is InChI=1S/C15H19NO5S/c1-5-20-13(18)9-7-8-10(17)16-11(14(19)21-6-2)15(3,4)22-12(9)16/h7-8,11H,5-6H2,1-4H3/t11-/m0/s1/i3D/t11-,15-. The van der Waals surface area contributed by atoms with Crippen molar-refractivity contribution in [2.45, 2.75) is 43.5 Å². The molecule has 0 fully saturated rings. The van der Waals surface area contributed by atoms with Gasteiger partial charge in [-0.05, 0) is 33.7 Å². The first-order chi connectivity index (χ1) is 10.9. The summed E-state index contributed by atoms with van der Waals surface area (Å²) in [5.41, 5.74) is -0.182. The highest BCUT2D eigenvalue weighted by molar-refractivity contribution is 8.01. The molecule has 1 aliphatic rings. The Morgan fingerprint density at radius 3 is 2.64 bits per heavy atom. The summed E-state index contributed by atoms with van der Waals surface area (Å²) in [6.07, 6.45) is 0. The lowest BCUT2D eigenvalue weighted by Crippen LogP contribution is -2.38. The molecule has 0 bridgehead atoms. The zero-order valence-electron chi connectivity index (χ0n) is 13.8. The fourth-order valence-corrected chi connectivity index (χ4v) is 3.68. The number of fused-ring (bicyclic) bond motifs is 1. The van der Waals surface area contributed by atoms with Crippen LogP contribution >= 0.6 is 11.8 Å². The lowest BCUT2D eigenvalue weighted by Gasteiger charge is -2.24. The molecule has 0 unspecified atom stereocenters. The van der Waals surface area contributed by atoms with Crippen LogP contribution in [0.25, 0.3) is 0 Å². The van der Waals surface area contributed by atoms with Gasteiger partial charge in [-0.15, -0.1) is 0 Å². The SMILES string of the molecule is [2H]C[C@@]1(C)Sc2c(C(=O)OCC)ccc(=O)n2[C@H]1C(=O)OCC. The number of carbonyl (C=O) groups excluding carboxylic acids is 2. The fourth-order valence-electron chi connectivity index (χ4n) is 2.37. The molecule has 0 amide bonds. The highest BCUT2D eigenvalue weighted by Crippen LogP contribution is 2.49. The van der Waals surface area contributed by atoms with Crippen molar-refractivity contribution < 1.29 is 20.4 Å². The zero-order valence-corrected chi connectivity index (χ0v) is 13.6. The van der Waals surface area contributed by atoms with Crippen molar-refractivity contribution in [2.75, 3.05) is 13.2 Å². The summed E-state index contributed by atoms with van der Waals surface area (Å²) in [6.45, 7) is 5.36. The van der Waals surface area contributed by atoms with Gasteiger partial charge in [-0.3, -0.25) is 9.36 Å². The molecule has 0 N–H and O–H groups in total. The fraction of sp³-hybridized carbons (Fsp3) is 0.533. The predicted octanol–water partition coefficient (Wildman–Crippen LogP) is 2.01. The van der Waals surface area contributed by atoms with Gasteiger partial charge in [-0.1, -0.05) is 11.8 Å². The van der Waals surface area contributed by atoms with Crippen molar-refractivity contribution in [1.29, 1.82) is 0 Å². The van der Waals surface area contributed by atoms with Gasteiger partial charge in [0.2, 0.25) is 0 Å². The molecule has 0 saturated heterocycles. The molecule has 120 valence electrons. The monoisotopic (exact) mass is 326 g/mol. The molecule has 7 heteroatoms. The van der Waals surface area contributed by atoms with Gasteiger partial charge >= 0.3 is 11.9 Å². The summed E-state index contributed by atoms with van der Waals surface area (Å²) >= 11 is 1.17. The molecule has 0 saturated carbocycles. The van der Waals surface area contributed by atoms with E-state index in [4.69, 9.17) is 10.8 Å². The van der Waals surface area contributed by atoms with Crippen molar-refractivity contribution in [3.05, 3.63) is 28.0 Å². The summed E-state index contributed by atoms with van der Waals surface area (Å²) in [5, 5.41) is 0.351. The summed E-state index contributed by atoms with van der Waals surface area (Å²) in [4.78, 5) is 36.7. The van der Waals surface area contributed by atoms with E-state index in [1.807, 2.05) is 0 Å². The van der Waals surface area contributed by atoms with Crippen molar-refractivity contribution >= 4 is 23.7 Å². The van der Waals surface area contributed by atoms with E-state index in [0.717, 1.165) is 0 Å². The molecule has 2 rings (SSSR count). The third kappa shape index (κ3) is 2.77. The second kappa shape index (κ2) is 6.16. The Labute approximate surface area is 134 Å². The minimum Gasteiger partial charge on any atom is -0.464 e. The van der Waals surface area contributed by atoms with E-state index in [0.29, 0.717) is 5.03 Å². The number of ether oxygens (including phenoxy) is 2. The van der Waals surface area contributed by atoms with Crippen molar-refractivity contribution in [1.82, 2.24) is 4.57 Å². The Bertz CT molecular complexity index is 689. The van der Waals surface area contributed by atoms with E-state index in [1.54, 1.807) is 20.8 Å². The number of rotatable bonds is 4. The maximum Gasteiger partial charge on any atom is 0.340 e. The molecule has 1 aliphatic heterocycles. The molecule has 1 aromatic rings. The predicted molar refractivity (Wildman–Crippen MR) is 82.3 cm³/mol. The Morgan fingerprint density at radius 1 is 1.36 bits per heavy atom. The lowest BCUT2D eigenvalue weighted by molar-refractivity contribution is -0.148. The number of hydrogen-bond acceptors (Lipinski definition) is 6. The number of hydrogen-bond donors (Lipinski definition) is 0. The van der Waals surface area contributed by atoms with E-state index in [9.17, 15) is 14.4 Å². The van der Waals surface area contributed by atoms with Crippen LogP contribution in [0.4, 0.5) is 0 Å². The molecule has 22 heavy (non-hydrogen) atoms. The third-order valence-corrected chi connectivity index (χ3v) is 4.55. The van der Waals surface area contributed by atoms with Gasteiger partial charge in [0.1, 0.15) is 6.04 Å². The minimum atomic E-state index is -0.943. The summed E-state index contributed by atoms with van der Waals surface area (Å²) in [7, 11) is 0. The highest BCUT2D eigenvalue weighted by atomic mass is 32.2. The first-order valence-electron chi connectivity index (χ1n) is 7.67. The molecular weight excluding hydrogens is 306 g/mol. The number of thioether (sulfide) groups is 1. The largest absolute Gasteiger partial charge is 0.464 e. The van der Waals surface area contributed by atoms with Crippen LogP contribution in [-0.4, -0.2) is 34.5 Å². The highest BCUT2D eigenvalue weighted by Gasteiger charge is 2.47. The summed E-state index contributed by atoms with van der Waals surface area (Å²) in [5.74, 6) is -1.13. The van der Waals surface area contributed by atoms with E-state index >= 15 is 0 Å². The van der Waals surface area contributed by atoms with Gasteiger partial charge < -0.3 is 9.47 Å². The number of pyridine rings is 1. The topological polar surface area (TPSA) is 74.6 Å². The van der Waals surface area contributed by atoms with Crippen molar-refractivity contribution in [2.24, 2.45) is 0 Å². The Morgan fingerprint density at radius 2 is 2.05 bits per heavy atom. The quantitative estimate of drug-likeness (QED) is 0.788. The lowest BCUT2D eigenvalue weighted by atomic mass is 10.0.